The number of hydrogen-bond acceptors (Lipinski definition) is 4. The number of benzene rings is 2. The molecular weight excluding hydrogens is 378 g/mol. The average molecular weight is 406 g/mol. The Hall–Kier alpha value is -3.19. The second kappa shape index (κ2) is 8.28. The number of rotatable bonds is 5. The number of nitrogens with zero attached hydrogens (tertiary/aromatic N) is 2. The van der Waals surface area contributed by atoms with Crippen molar-refractivity contribution in [1.29, 1.82) is 5.41 Å². The van der Waals surface area contributed by atoms with Crippen molar-refractivity contribution in [2.45, 2.75) is 18.4 Å². The summed E-state index contributed by atoms with van der Waals surface area (Å²) in [5.41, 5.74) is 6.00. The van der Waals surface area contributed by atoms with Gasteiger partial charge in [-0.05, 0) is 29.9 Å². The van der Waals surface area contributed by atoms with E-state index in [9.17, 15) is 9.59 Å². The van der Waals surface area contributed by atoms with Crippen LogP contribution in [0, 0.1) is 11.3 Å². The van der Waals surface area contributed by atoms with Crippen LogP contribution in [0.25, 0.3) is 0 Å². The number of amides is 2. The first-order valence-corrected chi connectivity index (χ1v) is 10.3. The van der Waals surface area contributed by atoms with E-state index in [-0.39, 0.29) is 30.2 Å². The van der Waals surface area contributed by atoms with E-state index in [1.54, 1.807) is 9.80 Å². The molecule has 2 aliphatic rings. The highest BCUT2D eigenvalue weighted by Crippen LogP contribution is 2.36. The number of nitrogens with two attached hydrogens (primary N) is 1. The minimum Gasteiger partial charge on any atom is -0.342 e. The third kappa shape index (κ3) is 3.45. The number of nitrogens with one attached hydrogen (secondary N) is 2. The molecule has 4 rings (SSSR count). The monoisotopic (exact) mass is 405 g/mol. The zero-order valence-corrected chi connectivity index (χ0v) is 16.9. The van der Waals surface area contributed by atoms with Crippen LogP contribution in [-0.2, 0) is 15.1 Å². The maximum atomic E-state index is 13.8. The first-order chi connectivity index (χ1) is 14.6. The van der Waals surface area contributed by atoms with Crippen LogP contribution in [0.2, 0.25) is 0 Å². The molecule has 2 aromatic carbocycles. The molecule has 2 fully saturated rings. The lowest BCUT2D eigenvalue weighted by Crippen LogP contribution is -2.46. The molecule has 0 aromatic heterocycles. The van der Waals surface area contributed by atoms with E-state index in [0.29, 0.717) is 19.6 Å². The highest BCUT2D eigenvalue weighted by molar-refractivity contribution is 6.10. The zero-order chi connectivity index (χ0) is 21.1. The molecule has 0 aliphatic carbocycles. The molecule has 0 radical (unpaired) electrons. The SMILES string of the molecule is N=C1NC(c2ccccc2)(c2ccccc2)C(=O)N1CC1CCN(C(=O)CN)CC1. The normalized spacial score (nSPS) is 19.1. The molecule has 0 saturated carbocycles. The van der Waals surface area contributed by atoms with Crippen molar-refractivity contribution >= 4 is 17.8 Å². The van der Waals surface area contributed by atoms with E-state index < -0.39 is 5.54 Å². The molecule has 2 heterocycles. The lowest BCUT2D eigenvalue weighted by atomic mass is 9.82. The first kappa shape index (κ1) is 20.1. The molecule has 0 bridgehead atoms. The lowest BCUT2D eigenvalue weighted by molar-refractivity contribution is -0.133. The molecule has 7 heteroatoms. The molecule has 2 saturated heterocycles. The molecule has 30 heavy (non-hydrogen) atoms. The van der Waals surface area contributed by atoms with Gasteiger partial charge in [0.2, 0.25) is 5.91 Å². The highest BCUT2D eigenvalue weighted by atomic mass is 16.2. The van der Waals surface area contributed by atoms with Crippen molar-refractivity contribution in [2.24, 2.45) is 11.7 Å². The summed E-state index contributed by atoms with van der Waals surface area (Å²) >= 11 is 0. The lowest BCUT2D eigenvalue weighted by Gasteiger charge is -2.33. The van der Waals surface area contributed by atoms with Crippen LogP contribution < -0.4 is 11.1 Å². The maximum Gasteiger partial charge on any atom is 0.264 e. The van der Waals surface area contributed by atoms with Crippen LogP contribution in [0.5, 0.6) is 0 Å². The standard InChI is InChI=1S/C23H27N5O2/c24-15-20(29)27-13-11-17(12-14-27)16-28-21(30)23(26-22(28)25,18-7-3-1-4-8-18)19-9-5-2-6-10-19/h1-10,17H,11-16,24H2,(H2,25,26). The number of piperidine rings is 1. The smallest absolute Gasteiger partial charge is 0.264 e. The quantitative estimate of drug-likeness (QED) is 0.701. The Balaban J connectivity index is 1.58. The van der Waals surface area contributed by atoms with Gasteiger partial charge in [-0.3, -0.25) is 19.9 Å². The zero-order valence-electron chi connectivity index (χ0n) is 16.9. The van der Waals surface area contributed by atoms with Crippen molar-refractivity contribution in [2.75, 3.05) is 26.2 Å². The maximum absolute atomic E-state index is 13.8. The predicted octanol–water partition coefficient (Wildman–Crippen LogP) is 1.49. The molecule has 0 spiro atoms. The predicted molar refractivity (Wildman–Crippen MR) is 115 cm³/mol. The molecule has 4 N–H and O–H groups in total. The van der Waals surface area contributed by atoms with E-state index in [0.717, 1.165) is 24.0 Å². The Morgan fingerprint density at radius 2 is 1.57 bits per heavy atom. The van der Waals surface area contributed by atoms with Crippen LogP contribution in [0.3, 0.4) is 0 Å². The summed E-state index contributed by atoms with van der Waals surface area (Å²) < 4.78 is 0. The minimum atomic E-state index is -1.10. The van der Waals surface area contributed by atoms with Crippen molar-refractivity contribution in [3.05, 3.63) is 71.8 Å². The van der Waals surface area contributed by atoms with Crippen molar-refractivity contribution in [1.82, 2.24) is 15.1 Å². The summed E-state index contributed by atoms with van der Waals surface area (Å²) in [5.74, 6) is 0.186. The van der Waals surface area contributed by atoms with Gasteiger partial charge in [0.25, 0.3) is 5.91 Å². The Morgan fingerprint density at radius 1 is 1.03 bits per heavy atom. The molecule has 0 unspecified atom stereocenters. The summed E-state index contributed by atoms with van der Waals surface area (Å²) in [6.45, 7) is 1.79. The number of likely N-dealkylation sites (tertiary alicyclic amines) is 1. The fraction of sp³-hybridized carbons (Fsp3) is 0.348. The first-order valence-electron chi connectivity index (χ1n) is 10.3. The van der Waals surface area contributed by atoms with Crippen LogP contribution in [0.1, 0.15) is 24.0 Å². The van der Waals surface area contributed by atoms with E-state index in [1.165, 1.54) is 0 Å². The third-order valence-electron chi connectivity index (χ3n) is 6.14. The van der Waals surface area contributed by atoms with Gasteiger partial charge in [-0.25, -0.2) is 0 Å². The second-order valence-corrected chi connectivity index (χ2v) is 7.90. The molecule has 7 nitrogen and oxygen atoms in total. The number of hydrogen-bond donors (Lipinski definition) is 3. The van der Waals surface area contributed by atoms with Gasteiger partial charge in [0.1, 0.15) is 0 Å². The van der Waals surface area contributed by atoms with Gasteiger partial charge in [0.15, 0.2) is 11.5 Å². The topological polar surface area (TPSA) is 103 Å². The Morgan fingerprint density at radius 3 is 2.07 bits per heavy atom. The fourth-order valence-electron chi connectivity index (χ4n) is 4.46. The minimum absolute atomic E-state index is 0.0283. The summed E-state index contributed by atoms with van der Waals surface area (Å²) in [4.78, 5) is 28.9. The molecular formula is C23H27N5O2. The van der Waals surface area contributed by atoms with Gasteiger partial charge < -0.3 is 16.0 Å². The van der Waals surface area contributed by atoms with Crippen LogP contribution in [0.4, 0.5) is 0 Å². The Kier molecular flexibility index (Phi) is 5.55. The van der Waals surface area contributed by atoms with Gasteiger partial charge in [0, 0.05) is 19.6 Å². The molecule has 2 aromatic rings. The number of carbonyl (C=O) groups is 2. The number of guanidine groups is 1. The molecule has 2 aliphatic heterocycles. The van der Waals surface area contributed by atoms with E-state index in [4.69, 9.17) is 11.1 Å². The van der Waals surface area contributed by atoms with E-state index in [2.05, 4.69) is 5.32 Å². The Bertz CT molecular complexity index is 884. The second-order valence-electron chi connectivity index (χ2n) is 7.90. The van der Waals surface area contributed by atoms with Crippen molar-refractivity contribution < 1.29 is 9.59 Å². The number of carbonyl (C=O) groups excluding carboxylic acids is 2. The summed E-state index contributed by atoms with van der Waals surface area (Å²) in [6.07, 6.45) is 1.60. The third-order valence-corrected chi connectivity index (χ3v) is 6.14. The largest absolute Gasteiger partial charge is 0.342 e. The van der Waals surface area contributed by atoms with Crippen molar-refractivity contribution in [3.8, 4) is 0 Å². The summed E-state index contributed by atoms with van der Waals surface area (Å²) in [6, 6.07) is 19.2. The molecule has 156 valence electrons. The van der Waals surface area contributed by atoms with Crippen LogP contribution >= 0.6 is 0 Å². The van der Waals surface area contributed by atoms with Crippen LogP contribution in [-0.4, -0.2) is 53.8 Å². The Labute approximate surface area is 176 Å². The molecule has 2 amide bonds. The average Bonchev–Trinajstić information content (AvgIpc) is 3.06. The van der Waals surface area contributed by atoms with Gasteiger partial charge in [0.05, 0.1) is 6.54 Å². The van der Waals surface area contributed by atoms with Crippen LogP contribution in [0.15, 0.2) is 60.7 Å². The summed E-state index contributed by atoms with van der Waals surface area (Å²) in [5, 5.41) is 11.8. The van der Waals surface area contributed by atoms with E-state index >= 15 is 0 Å². The molecule has 0 atom stereocenters. The fourth-order valence-corrected chi connectivity index (χ4v) is 4.46. The van der Waals surface area contributed by atoms with Gasteiger partial charge >= 0.3 is 0 Å². The van der Waals surface area contributed by atoms with E-state index in [1.807, 2.05) is 60.7 Å². The van der Waals surface area contributed by atoms with Gasteiger partial charge in [-0.15, -0.1) is 0 Å². The van der Waals surface area contributed by atoms with Gasteiger partial charge in [-0.2, -0.15) is 0 Å². The van der Waals surface area contributed by atoms with Crippen molar-refractivity contribution in [3.63, 3.8) is 0 Å². The summed E-state index contributed by atoms with van der Waals surface area (Å²) in [7, 11) is 0. The van der Waals surface area contributed by atoms with Gasteiger partial charge in [-0.1, -0.05) is 60.7 Å². The highest BCUT2D eigenvalue weighted by Gasteiger charge is 2.52.